The van der Waals surface area contributed by atoms with Crippen LogP contribution in [0.2, 0.25) is 5.02 Å². The van der Waals surface area contributed by atoms with E-state index in [-0.39, 0.29) is 0 Å². The molecule has 0 amide bonds. The van der Waals surface area contributed by atoms with Gasteiger partial charge in [-0.25, -0.2) is 0 Å². The molecular formula is C9H8ClNOS. The second kappa shape index (κ2) is 3.09. The van der Waals surface area contributed by atoms with Crippen LogP contribution in [0.5, 0.6) is 5.75 Å². The van der Waals surface area contributed by atoms with Gasteiger partial charge in [0.25, 0.3) is 0 Å². The minimum atomic E-state index is 0.563. The van der Waals surface area contributed by atoms with Crippen molar-refractivity contribution in [1.82, 2.24) is 0 Å². The molecule has 0 saturated carbocycles. The molecule has 0 bridgehead atoms. The number of nitrogens with two attached hydrogens (primary N) is 1. The summed E-state index contributed by atoms with van der Waals surface area (Å²) in [7, 11) is 1.62. The van der Waals surface area contributed by atoms with Crippen LogP contribution in [0.4, 0.5) is 5.69 Å². The first-order valence-corrected chi connectivity index (χ1v) is 4.99. The molecule has 0 fully saturated rings. The second-order valence-corrected chi connectivity index (χ2v) is 3.94. The van der Waals surface area contributed by atoms with Crippen LogP contribution in [0.1, 0.15) is 0 Å². The number of benzene rings is 1. The summed E-state index contributed by atoms with van der Waals surface area (Å²) in [5.74, 6) is 0.776. The number of ether oxygens (including phenoxy) is 1. The molecule has 0 saturated heterocycles. The van der Waals surface area contributed by atoms with E-state index in [4.69, 9.17) is 22.1 Å². The fourth-order valence-electron chi connectivity index (χ4n) is 1.26. The summed E-state index contributed by atoms with van der Waals surface area (Å²) in [5.41, 5.74) is 6.28. The van der Waals surface area contributed by atoms with Crippen LogP contribution in [0.3, 0.4) is 0 Å². The Balaban J connectivity index is 2.87. The van der Waals surface area contributed by atoms with E-state index < -0.39 is 0 Å². The average molecular weight is 214 g/mol. The van der Waals surface area contributed by atoms with Crippen molar-refractivity contribution >= 4 is 38.7 Å². The number of rotatable bonds is 1. The molecular weight excluding hydrogens is 206 g/mol. The summed E-state index contributed by atoms with van der Waals surface area (Å²) in [6.45, 7) is 0. The SMILES string of the molecule is COc1cc(N)c(Cl)c2sccc12. The Morgan fingerprint density at radius 2 is 2.31 bits per heavy atom. The van der Waals surface area contributed by atoms with Crippen molar-refractivity contribution in [2.45, 2.75) is 0 Å². The average Bonchev–Trinajstić information content (AvgIpc) is 2.60. The molecule has 2 N–H and O–H groups in total. The zero-order valence-electron chi connectivity index (χ0n) is 7.00. The zero-order chi connectivity index (χ0) is 9.42. The van der Waals surface area contributed by atoms with E-state index in [2.05, 4.69) is 0 Å². The van der Waals surface area contributed by atoms with Crippen molar-refractivity contribution in [3.05, 3.63) is 22.5 Å². The van der Waals surface area contributed by atoms with Gasteiger partial charge in [0.2, 0.25) is 0 Å². The van der Waals surface area contributed by atoms with Crippen molar-refractivity contribution in [2.75, 3.05) is 12.8 Å². The van der Waals surface area contributed by atoms with Crippen molar-refractivity contribution in [2.24, 2.45) is 0 Å². The van der Waals surface area contributed by atoms with Gasteiger partial charge in [-0.1, -0.05) is 11.6 Å². The second-order valence-electron chi connectivity index (χ2n) is 2.65. The molecule has 68 valence electrons. The fraction of sp³-hybridized carbons (Fsp3) is 0.111. The number of anilines is 1. The van der Waals surface area contributed by atoms with Crippen LogP contribution in [0, 0.1) is 0 Å². The third-order valence-electron chi connectivity index (χ3n) is 1.89. The molecule has 4 heteroatoms. The van der Waals surface area contributed by atoms with E-state index in [1.807, 2.05) is 11.4 Å². The molecule has 0 unspecified atom stereocenters. The van der Waals surface area contributed by atoms with Gasteiger partial charge >= 0.3 is 0 Å². The normalized spacial score (nSPS) is 10.6. The Hall–Kier alpha value is -0.930. The van der Waals surface area contributed by atoms with Crippen LogP contribution in [-0.4, -0.2) is 7.11 Å². The fourth-order valence-corrected chi connectivity index (χ4v) is 2.40. The highest BCUT2D eigenvalue weighted by Gasteiger charge is 2.09. The standard InChI is InChI=1S/C9H8ClNOS/c1-12-7-4-6(11)8(10)9-5(7)2-3-13-9/h2-4H,11H2,1H3. The molecule has 0 aliphatic rings. The molecule has 0 aliphatic carbocycles. The Kier molecular flexibility index (Phi) is 2.06. The first-order valence-electron chi connectivity index (χ1n) is 3.73. The molecule has 1 aromatic heterocycles. The topological polar surface area (TPSA) is 35.2 Å². The first-order chi connectivity index (χ1) is 6.24. The Bertz CT molecular complexity index is 452. The predicted molar refractivity (Wildman–Crippen MR) is 57.8 cm³/mol. The molecule has 2 nitrogen and oxygen atoms in total. The van der Waals surface area contributed by atoms with Crippen LogP contribution < -0.4 is 10.5 Å². The summed E-state index contributed by atoms with van der Waals surface area (Å²) in [6, 6.07) is 3.72. The lowest BCUT2D eigenvalue weighted by molar-refractivity contribution is 0.420. The number of nitrogen functional groups attached to an aromatic ring is 1. The summed E-state index contributed by atoms with van der Waals surface area (Å²) in [4.78, 5) is 0. The van der Waals surface area contributed by atoms with Crippen LogP contribution in [0.15, 0.2) is 17.5 Å². The molecule has 2 aromatic rings. The Labute approximate surface area is 84.9 Å². The Morgan fingerprint density at radius 3 is 3.00 bits per heavy atom. The highest BCUT2D eigenvalue weighted by Crippen LogP contribution is 2.39. The van der Waals surface area contributed by atoms with E-state index in [0.29, 0.717) is 10.7 Å². The van der Waals surface area contributed by atoms with Gasteiger partial charge < -0.3 is 10.5 Å². The van der Waals surface area contributed by atoms with E-state index in [1.54, 1.807) is 24.5 Å². The molecule has 0 atom stereocenters. The lowest BCUT2D eigenvalue weighted by Crippen LogP contribution is -1.89. The van der Waals surface area contributed by atoms with Crippen LogP contribution >= 0.6 is 22.9 Å². The third kappa shape index (κ3) is 1.24. The van der Waals surface area contributed by atoms with E-state index >= 15 is 0 Å². The highest BCUT2D eigenvalue weighted by atomic mass is 35.5. The van der Waals surface area contributed by atoms with Gasteiger partial charge in [-0.05, 0) is 11.4 Å². The number of fused-ring (bicyclic) bond motifs is 1. The minimum absolute atomic E-state index is 0.563. The third-order valence-corrected chi connectivity index (χ3v) is 3.34. The molecule has 13 heavy (non-hydrogen) atoms. The lowest BCUT2D eigenvalue weighted by Gasteiger charge is -2.05. The van der Waals surface area contributed by atoms with Crippen molar-refractivity contribution in [1.29, 1.82) is 0 Å². The van der Waals surface area contributed by atoms with Crippen LogP contribution in [0.25, 0.3) is 10.1 Å². The van der Waals surface area contributed by atoms with Crippen molar-refractivity contribution in [3.8, 4) is 5.75 Å². The predicted octanol–water partition coefficient (Wildman–Crippen LogP) is 3.15. The smallest absolute Gasteiger partial charge is 0.129 e. The van der Waals surface area contributed by atoms with Gasteiger partial charge in [-0.15, -0.1) is 11.3 Å². The zero-order valence-corrected chi connectivity index (χ0v) is 8.58. The number of methoxy groups -OCH3 is 1. The molecule has 1 heterocycles. The molecule has 2 rings (SSSR count). The largest absolute Gasteiger partial charge is 0.496 e. The number of hydrogen-bond donors (Lipinski definition) is 1. The van der Waals surface area contributed by atoms with E-state index in [0.717, 1.165) is 15.8 Å². The van der Waals surface area contributed by atoms with E-state index in [1.165, 1.54) is 0 Å². The first kappa shape index (κ1) is 8.66. The van der Waals surface area contributed by atoms with Gasteiger partial charge in [0, 0.05) is 11.5 Å². The van der Waals surface area contributed by atoms with Gasteiger partial charge in [0.15, 0.2) is 0 Å². The summed E-state index contributed by atoms with van der Waals surface area (Å²) < 4.78 is 6.17. The summed E-state index contributed by atoms with van der Waals surface area (Å²) >= 11 is 7.59. The maximum absolute atomic E-state index is 6.03. The maximum Gasteiger partial charge on any atom is 0.129 e. The monoisotopic (exact) mass is 213 g/mol. The summed E-state index contributed by atoms with van der Waals surface area (Å²) in [5, 5.41) is 3.61. The molecule has 0 spiro atoms. The van der Waals surface area contributed by atoms with Crippen molar-refractivity contribution in [3.63, 3.8) is 0 Å². The van der Waals surface area contributed by atoms with Crippen LogP contribution in [-0.2, 0) is 0 Å². The van der Waals surface area contributed by atoms with Gasteiger partial charge in [-0.2, -0.15) is 0 Å². The van der Waals surface area contributed by atoms with Gasteiger partial charge in [0.1, 0.15) is 5.75 Å². The number of hydrogen-bond acceptors (Lipinski definition) is 3. The minimum Gasteiger partial charge on any atom is -0.496 e. The molecule has 1 aromatic carbocycles. The summed E-state index contributed by atoms with van der Waals surface area (Å²) in [6.07, 6.45) is 0. The lowest BCUT2D eigenvalue weighted by atomic mass is 10.2. The quantitative estimate of drug-likeness (QED) is 0.739. The molecule has 0 radical (unpaired) electrons. The van der Waals surface area contributed by atoms with Gasteiger partial charge in [-0.3, -0.25) is 0 Å². The number of halogens is 1. The van der Waals surface area contributed by atoms with Gasteiger partial charge in [0.05, 0.1) is 22.5 Å². The highest BCUT2D eigenvalue weighted by molar-refractivity contribution is 7.18. The maximum atomic E-state index is 6.03. The van der Waals surface area contributed by atoms with E-state index in [9.17, 15) is 0 Å². The Morgan fingerprint density at radius 1 is 1.54 bits per heavy atom. The van der Waals surface area contributed by atoms with Crippen molar-refractivity contribution < 1.29 is 4.74 Å². The number of thiophene rings is 1. The molecule has 0 aliphatic heterocycles.